The molecule has 0 saturated heterocycles. The monoisotopic (exact) mass is 792 g/mol. The van der Waals surface area contributed by atoms with Gasteiger partial charge in [0.2, 0.25) is 0 Å². The Bertz CT molecular complexity index is 655. The van der Waals surface area contributed by atoms with Gasteiger partial charge in [0.1, 0.15) is 0 Å². The highest BCUT2D eigenvalue weighted by Crippen LogP contribution is 2.22. The number of ether oxygens (including phenoxy) is 4. The van der Waals surface area contributed by atoms with Gasteiger partial charge in [0.25, 0.3) is 0 Å². The van der Waals surface area contributed by atoms with Crippen molar-refractivity contribution in [2.24, 2.45) is 0 Å². The second-order valence-electron chi connectivity index (χ2n) is 10.4. The molecule has 0 amide bonds. The van der Waals surface area contributed by atoms with Crippen LogP contribution in [-0.4, -0.2) is 213 Å². The lowest BCUT2D eigenvalue weighted by Crippen LogP contribution is -2.24. The number of hydrogen-bond acceptors (Lipinski definition) is 18. The Labute approximate surface area is 307 Å². The molecule has 0 fully saturated rings. The van der Waals surface area contributed by atoms with E-state index in [-0.39, 0.29) is 42.2 Å². The van der Waals surface area contributed by atoms with Gasteiger partial charge in [-0.2, -0.15) is 70.6 Å². The van der Waals surface area contributed by atoms with Gasteiger partial charge < -0.3 is 59.8 Å². The van der Waals surface area contributed by atoms with E-state index in [1.807, 2.05) is 0 Å². The first kappa shape index (κ1) is 48.6. The molecule has 0 bridgehead atoms. The quantitative estimate of drug-likeness (QED) is 0.0391. The smallest absolute Gasteiger partial charge is 0.0861 e. The van der Waals surface area contributed by atoms with Crippen molar-refractivity contribution in [3.8, 4) is 0 Å². The molecular formula is C29H60O12S6. The summed E-state index contributed by atoms with van der Waals surface area (Å²) in [5, 5.41) is 75.7. The standard InChI is InChI=1S/C29H60O12S6/c1-38-4-5-39-13-27(20-42-8-6-40-14-28(46-18-25(36)11-32)22-44-17-24(35)10-31)45-9-7-41-15-29(47-19-26(37)12-33)21-43-16-23(34)2-3-30/h23-37H,2-22H2,1H3. The van der Waals surface area contributed by atoms with Gasteiger partial charge in [-0.15, -0.1) is 0 Å². The molecule has 7 atom stereocenters. The van der Waals surface area contributed by atoms with Crippen molar-refractivity contribution in [3.63, 3.8) is 0 Å². The summed E-state index contributed by atoms with van der Waals surface area (Å²) in [7, 11) is 1.64. The Kier molecular flexibility index (Phi) is 37.2. The molecule has 0 aromatic heterocycles. The van der Waals surface area contributed by atoms with Crippen LogP contribution >= 0.6 is 70.6 Å². The van der Waals surface area contributed by atoms with Crippen molar-refractivity contribution < 1.29 is 59.8 Å². The molecule has 284 valence electrons. The highest BCUT2D eigenvalue weighted by molar-refractivity contribution is 8.04. The van der Waals surface area contributed by atoms with E-state index in [0.29, 0.717) is 81.4 Å². The molecule has 0 aromatic rings. The van der Waals surface area contributed by atoms with E-state index >= 15 is 0 Å². The van der Waals surface area contributed by atoms with Crippen LogP contribution in [0.5, 0.6) is 0 Å². The van der Waals surface area contributed by atoms with Crippen LogP contribution < -0.4 is 0 Å². The summed E-state index contributed by atoms with van der Waals surface area (Å²) < 4.78 is 22.8. The number of aliphatic hydroxyl groups excluding tert-OH is 8. The lowest BCUT2D eigenvalue weighted by molar-refractivity contribution is 0.0729. The predicted octanol–water partition coefficient (Wildman–Crippen LogP) is -0.00950. The van der Waals surface area contributed by atoms with Crippen LogP contribution in [0.4, 0.5) is 0 Å². The maximum atomic E-state index is 9.88. The van der Waals surface area contributed by atoms with Gasteiger partial charge in [-0.1, -0.05) is 0 Å². The number of hydrogen-bond donors (Lipinski definition) is 8. The number of thioether (sulfide) groups is 6. The minimum atomic E-state index is -0.787. The molecule has 47 heavy (non-hydrogen) atoms. The summed E-state index contributed by atoms with van der Waals surface area (Å²) >= 11 is 9.77. The second kappa shape index (κ2) is 36.0. The molecular weight excluding hydrogens is 733 g/mol. The molecule has 0 aliphatic heterocycles. The largest absolute Gasteiger partial charge is 0.396 e. The zero-order valence-electron chi connectivity index (χ0n) is 27.6. The summed E-state index contributed by atoms with van der Waals surface area (Å²) in [4.78, 5) is 0. The third kappa shape index (κ3) is 32.0. The summed E-state index contributed by atoms with van der Waals surface area (Å²) in [5.74, 6) is 5.64. The molecule has 18 heteroatoms. The maximum Gasteiger partial charge on any atom is 0.0861 e. The van der Waals surface area contributed by atoms with Gasteiger partial charge in [0.05, 0.1) is 90.5 Å². The fourth-order valence-corrected chi connectivity index (χ4v) is 10.3. The number of rotatable bonds is 37. The number of methoxy groups -OCH3 is 1. The van der Waals surface area contributed by atoms with Gasteiger partial charge >= 0.3 is 0 Å². The zero-order valence-corrected chi connectivity index (χ0v) is 32.4. The molecule has 0 aliphatic rings. The fraction of sp³-hybridized carbons (Fsp3) is 1.00. The van der Waals surface area contributed by atoms with Crippen LogP contribution in [-0.2, 0) is 18.9 Å². The average Bonchev–Trinajstić information content (AvgIpc) is 3.07. The first-order valence-electron chi connectivity index (χ1n) is 15.7. The topological polar surface area (TPSA) is 199 Å². The van der Waals surface area contributed by atoms with Crippen molar-refractivity contribution in [1.82, 2.24) is 0 Å². The summed E-state index contributed by atoms with van der Waals surface area (Å²) in [6.07, 6.45) is -2.54. The lowest BCUT2D eigenvalue weighted by Gasteiger charge is -2.20. The van der Waals surface area contributed by atoms with E-state index in [4.69, 9.17) is 39.4 Å². The Morgan fingerprint density at radius 1 is 0.468 bits per heavy atom. The van der Waals surface area contributed by atoms with Crippen LogP contribution in [0.1, 0.15) is 6.42 Å². The molecule has 0 aliphatic carbocycles. The molecule has 0 aromatic carbocycles. The van der Waals surface area contributed by atoms with Crippen molar-refractivity contribution >= 4 is 70.6 Å². The van der Waals surface area contributed by atoms with Gasteiger partial charge in [0, 0.05) is 81.2 Å². The molecule has 0 radical (unpaired) electrons. The van der Waals surface area contributed by atoms with Crippen LogP contribution in [0, 0.1) is 0 Å². The Balaban J connectivity index is 4.57. The summed E-state index contributed by atoms with van der Waals surface area (Å²) in [6.45, 7) is 2.86. The molecule has 12 nitrogen and oxygen atoms in total. The van der Waals surface area contributed by atoms with E-state index in [9.17, 15) is 20.4 Å². The van der Waals surface area contributed by atoms with Crippen LogP contribution in [0.15, 0.2) is 0 Å². The van der Waals surface area contributed by atoms with Gasteiger partial charge in [-0.3, -0.25) is 0 Å². The minimum Gasteiger partial charge on any atom is -0.396 e. The third-order valence-corrected chi connectivity index (χ3v) is 14.1. The van der Waals surface area contributed by atoms with Crippen LogP contribution in [0.2, 0.25) is 0 Å². The van der Waals surface area contributed by atoms with Gasteiger partial charge in [-0.05, 0) is 6.42 Å². The Hall–Kier alpha value is 1.62. The third-order valence-electron chi connectivity index (χ3n) is 5.97. The average molecular weight is 793 g/mol. The summed E-state index contributed by atoms with van der Waals surface area (Å²) in [5.41, 5.74) is 0. The fourth-order valence-electron chi connectivity index (χ4n) is 3.38. The second-order valence-corrected chi connectivity index (χ2v) is 17.8. The van der Waals surface area contributed by atoms with E-state index in [1.54, 1.807) is 54.2 Å². The van der Waals surface area contributed by atoms with Crippen LogP contribution in [0.25, 0.3) is 0 Å². The molecule has 0 rings (SSSR count). The lowest BCUT2D eigenvalue weighted by atomic mass is 10.3. The maximum absolute atomic E-state index is 9.88. The predicted molar refractivity (Wildman–Crippen MR) is 202 cm³/mol. The Morgan fingerprint density at radius 2 is 0.915 bits per heavy atom. The van der Waals surface area contributed by atoms with Gasteiger partial charge in [-0.25, -0.2) is 0 Å². The van der Waals surface area contributed by atoms with Crippen molar-refractivity contribution in [3.05, 3.63) is 0 Å². The molecule has 0 saturated carbocycles. The van der Waals surface area contributed by atoms with Crippen molar-refractivity contribution in [2.75, 3.05) is 132 Å². The number of aliphatic hydroxyl groups is 8. The Morgan fingerprint density at radius 3 is 1.43 bits per heavy atom. The SMILES string of the molecule is COCCOCC(CSCCOCC(CSCC(O)CO)SCC(O)CO)SCCOCC(CSCC(O)CCO)SCC(O)CO. The molecule has 7 unspecified atom stereocenters. The molecule has 0 heterocycles. The van der Waals surface area contributed by atoms with E-state index in [2.05, 4.69) is 0 Å². The summed E-state index contributed by atoms with van der Waals surface area (Å²) in [6, 6.07) is 0. The van der Waals surface area contributed by atoms with Crippen molar-refractivity contribution in [2.45, 2.75) is 46.6 Å². The van der Waals surface area contributed by atoms with E-state index in [1.165, 1.54) is 23.5 Å². The zero-order chi connectivity index (χ0) is 35.0. The molecule has 0 spiro atoms. The first-order chi connectivity index (χ1) is 22.8. The minimum absolute atomic E-state index is 0.0491. The van der Waals surface area contributed by atoms with Gasteiger partial charge in [0.15, 0.2) is 0 Å². The normalized spacial score (nSPS) is 16.5. The van der Waals surface area contributed by atoms with Crippen LogP contribution in [0.3, 0.4) is 0 Å². The molecule has 8 N–H and O–H groups in total. The van der Waals surface area contributed by atoms with E-state index < -0.39 is 24.4 Å². The first-order valence-corrected chi connectivity index (χ1v) is 22.4. The highest BCUT2D eigenvalue weighted by Gasteiger charge is 2.17. The van der Waals surface area contributed by atoms with Crippen molar-refractivity contribution in [1.29, 1.82) is 0 Å². The van der Waals surface area contributed by atoms with E-state index in [0.717, 1.165) is 23.0 Å². The highest BCUT2D eigenvalue weighted by atomic mass is 32.2.